The van der Waals surface area contributed by atoms with E-state index in [0.717, 1.165) is 22.9 Å². The molecule has 0 bridgehead atoms. The Morgan fingerprint density at radius 1 is 1.10 bits per heavy atom. The number of nitrogens with zero attached hydrogens (tertiary/aromatic N) is 1. The Bertz CT molecular complexity index is 657. The maximum atomic E-state index is 12.6. The van der Waals surface area contributed by atoms with Crippen molar-refractivity contribution in [1.29, 1.82) is 0 Å². The lowest BCUT2D eigenvalue weighted by Gasteiger charge is -2.11. The second-order valence-electron chi connectivity index (χ2n) is 4.39. The quantitative estimate of drug-likeness (QED) is 0.920. The third kappa shape index (κ3) is 2.91. The molecule has 0 fully saturated rings. The van der Waals surface area contributed by atoms with Crippen molar-refractivity contribution in [1.82, 2.24) is 4.57 Å². The number of alkyl halides is 3. The molecule has 0 spiro atoms. The highest BCUT2D eigenvalue weighted by Gasteiger charge is 2.31. The van der Waals surface area contributed by atoms with Crippen LogP contribution in [0, 0.1) is 0 Å². The minimum absolute atomic E-state index is 0.311. The maximum absolute atomic E-state index is 12.6. The van der Waals surface area contributed by atoms with Crippen molar-refractivity contribution in [3.8, 4) is 5.69 Å². The molecule has 1 atom stereocenters. The zero-order chi connectivity index (χ0) is 14.9. The maximum Gasteiger partial charge on any atom is 0.417 e. The predicted octanol–water partition coefficient (Wildman–Crippen LogP) is 2.91. The van der Waals surface area contributed by atoms with Gasteiger partial charge in [-0.25, -0.2) is 0 Å². The molecule has 1 unspecified atom stereocenters. The van der Waals surface area contributed by atoms with E-state index in [1.54, 1.807) is 19.1 Å². The highest BCUT2D eigenvalue weighted by molar-refractivity contribution is 5.36. The Hall–Kier alpha value is -2.08. The summed E-state index contributed by atoms with van der Waals surface area (Å²) in [5.74, 6) is 0. The minimum atomic E-state index is -4.50. The first-order valence-electron chi connectivity index (χ1n) is 5.87. The van der Waals surface area contributed by atoms with Gasteiger partial charge in [0.2, 0.25) is 0 Å². The lowest BCUT2D eigenvalue weighted by Crippen LogP contribution is -2.19. The largest absolute Gasteiger partial charge is 0.417 e. The van der Waals surface area contributed by atoms with Gasteiger partial charge >= 0.3 is 6.18 Å². The summed E-state index contributed by atoms with van der Waals surface area (Å²) in [4.78, 5) is 11.7. The first-order chi connectivity index (χ1) is 9.29. The molecule has 106 valence electrons. The van der Waals surface area contributed by atoms with E-state index in [-0.39, 0.29) is 0 Å². The Labute approximate surface area is 112 Å². The molecule has 0 saturated heterocycles. The van der Waals surface area contributed by atoms with E-state index in [0.29, 0.717) is 11.3 Å². The second kappa shape index (κ2) is 5.13. The number of rotatable bonds is 2. The van der Waals surface area contributed by atoms with Crippen LogP contribution in [0.2, 0.25) is 0 Å². The number of hydrogen-bond donors (Lipinski definition) is 1. The van der Waals surface area contributed by atoms with Gasteiger partial charge in [-0.2, -0.15) is 13.2 Å². The molecule has 1 N–H and O–H groups in total. The van der Waals surface area contributed by atoms with E-state index in [1.165, 1.54) is 12.1 Å². The summed E-state index contributed by atoms with van der Waals surface area (Å²) in [5.41, 5.74) is -0.515. The van der Waals surface area contributed by atoms with E-state index in [9.17, 15) is 23.1 Å². The van der Waals surface area contributed by atoms with Gasteiger partial charge in [-0.05, 0) is 30.7 Å². The van der Waals surface area contributed by atoms with Crippen molar-refractivity contribution < 1.29 is 18.3 Å². The van der Waals surface area contributed by atoms with E-state index in [4.69, 9.17) is 0 Å². The van der Waals surface area contributed by atoms with Crippen LogP contribution in [0.15, 0.2) is 47.4 Å². The van der Waals surface area contributed by atoms with Crippen molar-refractivity contribution in [2.24, 2.45) is 0 Å². The fourth-order valence-electron chi connectivity index (χ4n) is 1.77. The van der Waals surface area contributed by atoms with Crippen LogP contribution in [-0.4, -0.2) is 9.67 Å². The monoisotopic (exact) mass is 283 g/mol. The van der Waals surface area contributed by atoms with Crippen LogP contribution in [0.25, 0.3) is 5.69 Å². The van der Waals surface area contributed by atoms with Crippen LogP contribution in [0.3, 0.4) is 0 Å². The number of pyridine rings is 1. The minimum Gasteiger partial charge on any atom is -0.389 e. The summed E-state index contributed by atoms with van der Waals surface area (Å²) >= 11 is 0. The smallest absolute Gasteiger partial charge is 0.389 e. The SMILES string of the molecule is CC(O)c1ccc(-n2cc(C(F)(F)F)ccc2=O)cc1. The zero-order valence-electron chi connectivity index (χ0n) is 10.6. The Morgan fingerprint density at radius 3 is 2.20 bits per heavy atom. The molecule has 0 aliphatic carbocycles. The Morgan fingerprint density at radius 2 is 1.70 bits per heavy atom. The molecule has 0 radical (unpaired) electrons. The third-order valence-electron chi connectivity index (χ3n) is 2.89. The topological polar surface area (TPSA) is 42.2 Å². The molecule has 2 aromatic rings. The van der Waals surface area contributed by atoms with Crippen molar-refractivity contribution in [2.75, 3.05) is 0 Å². The molecule has 6 heteroatoms. The lowest BCUT2D eigenvalue weighted by atomic mass is 10.1. The Kier molecular flexibility index (Phi) is 3.67. The van der Waals surface area contributed by atoms with Gasteiger partial charge in [0.25, 0.3) is 5.56 Å². The summed E-state index contributed by atoms with van der Waals surface area (Å²) in [7, 11) is 0. The first-order valence-corrected chi connectivity index (χ1v) is 5.87. The standard InChI is InChI=1S/C14H12F3NO2/c1-9(19)10-2-5-12(6-3-10)18-8-11(14(15,16)17)4-7-13(18)20/h2-9,19H,1H3. The number of aromatic nitrogens is 1. The molecule has 1 heterocycles. The molecular weight excluding hydrogens is 271 g/mol. The van der Waals surface area contributed by atoms with Gasteiger partial charge < -0.3 is 5.11 Å². The molecule has 1 aromatic heterocycles. The number of aliphatic hydroxyl groups excluding tert-OH is 1. The number of benzene rings is 1. The van der Waals surface area contributed by atoms with Crippen molar-refractivity contribution in [3.63, 3.8) is 0 Å². The highest BCUT2D eigenvalue weighted by atomic mass is 19.4. The molecule has 0 aliphatic heterocycles. The summed E-state index contributed by atoms with van der Waals surface area (Å²) in [6.45, 7) is 1.57. The second-order valence-corrected chi connectivity index (χ2v) is 4.39. The van der Waals surface area contributed by atoms with Crippen LogP contribution in [0.5, 0.6) is 0 Å². The number of halogens is 3. The molecule has 0 saturated carbocycles. The normalized spacial score (nSPS) is 13.2. The highest BCUT2D eigenvalue weighted by Crippen LogP contribution is 2.28. The van der Waals surface area contributed by atoms with Crippen molar-refractivity contribution in [3.05, 3.63) is 64.1 Å². The van der Waals surface area contributed by atoms with Crippen LogP contribution in [0.1, 0.15) is 24.2 Å². The van der Waals surface area contributed by atoms with Gasteiger partial charge in [-0.1, -0.05) is 12.1 Å². The number of hydrogen-bond acceptors (Lipinski definition) is 2. The van der Waals surface area contributed by atoms with E-state index < -0.39 is 23.4 Å². The summed E-state index contributed by atoms with van der Waals surface area (Å²) in [5, 5.41) is 9.37. The molecule has 0 amide bonds. The molecule has 20 heavy (non-hydrogen) atoms. The van der Waals surface area contributed by atoms with Gasteiger partial charge in [0, 0.05) is 18.0 Å². The Balaban J connectivity index is 2.49. The molecular formula is C14H12F3NO2. The summed E-state index contributed by atoms with van der Waals surface area (Å²) in [6, 6.07) is 7.74. The number of aliphatic hydroxyl groups is 1. The first kappa shape index (κ1) is 14.3. The third-order valence-corrected chi connectivity index (χ3v) is 2.89. The molecule has 0 aliphatic rings. The predicted molar refractivity (Wildman–Crippen MR) is 67.7 cm³/mol. The van der Waals surface area contributed by atoms with Gasteiger partial charge in [0.05, 0.1) is 11.7 Å². The van der Waals surface area contributed by atoms with Crippen molar-refractivity contribution in [2.45, 2.75) is 19.2 Å². The molecule has 1 aromatic carbocycles. The molecule has 2 rings (SSSR count). The molecule has 3 nitrogen and oxygen atoms in total. The fourth-order valence-corrected chi connectivity index (χ4v) is 1.77. The zero-order valence-corrected chi connectivity index (χ0v) is 10.6. The van der Waals surface area contributed by atoms with Gasteiger partial charge in [-0.15, -0.1) is 0 Å². The van der Waals surface area contributed by atoms with Crippen molar-refractivity contribution >= 4 is 0 Å². The van der Waals surface area contributed by atoms with Gasteiger partial charge in [0.1, 0.15) is 0 Å². The summed E-state index contributed by atoms with van der Waals surface area (Å²) in [6.07, 6.45) is -4.42. The van der Waals surface area contributed by atoms with Crippen LogP contribution < -0.4 is 5.56 Å². The average molecular weight is 283 g/mol. The van der Waals surface area contributed by atoms with E-state index in [2.05, 4.69) is 0 Å². The van der Waals surface area contributed by atoms with Crippen LogP contribution >= 0.6 is 0 Å². The van der Waals surface area contributed by atoms with E-state index >= 15 is 0 Å². The lowest BCUT2D eigenvalue weighted by molar-refractivity contribution is -0.138. The van der Waals surface area contributed by atoms with E-state index in [1.807, 2.05) is 0 Å². The van der Waals surface area contributed by atoms with Crippen LogP contribution in [0.4, 0.5) is 13.2 Å². The average Bonchev–Trinajstić information content (AvgIpc) is 2.38. The van der Waals surface area contributed by atoms with Gasteiger partial charge in [0.15, 0.2) is 0 Å². The fraction of sp³-hybridized carbons (Fsp3) is 0.214. The van der Waals surface area contributed by atoms with Gasteiger partial charge in [-0.3, -0.25) is 9.36 Å². The summed E-state index contributed by atoms with van der Waals surface area (Å²) < 4.78 is 38.8. The van der Waals surface area contributed by atoms with Crippen LogP contribution in [-0.2, 0) is 6.18 Å².